The van der Waals surface area contributed by atoms with Crippen LogP contribution in [0.5, 0.6) is 0 Å². The van der Waals surface area contributed by atoms with Gasteiger partial charge in [0.15, 0.2) is 5.82 Å². The van der Waals surface area contributed by atoms with E-state index in [1.54, 1.807) is 12.1 Å². The van der Waals surface area contributed by atoms with Gasteiger partial charge in [0.25, 0.3) is 0 Å². The minimum atomic E-state index is -0.948. The number of hydrogen-bond acceptors (Lipinski definition) is 6. The maximum Gasteiger partial charge on any atom is 0.407 e. The van der Waals surface area contributed by atoms with Gasteiger partial charge in [-0.3, -0.25) is 0 Å². The maximum absolute atomic E-state index is 11.7. The first-order valence-electron chi connectivity index (χ1n) is 10.8. The molecular weight excluding hydrogens is 412 g/mol. The Balaban J connectivity index is 1.70. The van der Waals surface area contributed by atoms with Gasteiger partial charge in [0, 0.05) is 48.9 Å². The van der Waals surface area contributed by atoms with Crippen LogP contribution in [0.25, 0.3) is 11.4 Å². The fourth-order valence-electron chi connectivity index (χ4n) is 4.12. The summed E-state index contributed by atoms with van der Waals surface area (Å²) in [5, 5.41) is 15.0. The second kappa shape index (κ2) is 9.39. The van der Waals surface area contributed by atoms with Gasteiger partial charge in [0.1, 0.15) is 5.82 Å². The summed E-state index contributed by atoms with van der Waals surface area (Å²) in [6.45, 7) is 7.79. The third-order valence-electron chi connectivity index (χ3n) is 5.65. The Hall–Kier alpha value is -3.40. The van der Waals surface area contributed by atoms with E-state index in [-0.39, 0.29) is 18.5 Å². The number of rotatable bonds is 4. The van der Waals surface area contributed by atoms with Crippen molar-refractivity contribution in [1.82, 2.24) is 20.2 Å². The standard InChI is InChI=1S/C22H28N6O4/c1-3-23-21(29)24-16-6-4-15(5-7-16)19-25-17-13-28(22(30)31)12-14(2)18(17)20(26-19)27-8-10-32-11-9-27/h4-7,14H,3,8-13H2,1-2H3,(H,30,31)(H2,23,24,29). The van der Waals surface area contributed by atoms with Gasteiger partial charge in [-0.1, -0.05) is 6.92 Å². The zero-order valence-corrected chi connectivity index (χ0v) is 18.3. The van der Waals surface area contributed by atoms with Gasteiger partial charge in [-0.15, -0.1) is 0 Å². The molecule has 1 unspecified atom stereocenters. The highest BCUT2D eigenvalue weighted by atomic mass is 16.5. The molecule has 1 aromatic heterocycles. The molecule has 1 saturated heterocycles. The molecule has 1 atom stereocenters. The Morgan fingerprint density at radius 1 is 1.19 bits per heavy atom. The SMILES string of the molecule is CCNC(=O)Nc1ccc(-c2nc3c(c(N4CCOCC4)n2)C(C)CN(C(=O)O)C3)cc1. The Morgan fingerprint density at radius 3 is 2.56 bits per heavy atom. The number of carbonyl (C=O) groups is 2. The number of urea groups is 1. The number of amides is 3. The van der Waals surface area contributed by atoms with Crippen molar-refractivity contribution in [2.75, 3.05) is 49.6 Å². The van der Waals surface area contributed by atoms with Gasteiger partial charge in [0.2, 0.25) is 0 Å². The Bertz CT molecular complexity index is 991. The largest absolute Gasteiger partial charge is 0.465 e. The molecule has 3 N–H and O–H groups in total. The van der Waals surface area contributed by atoms with Crippen LogP contribution in [0.1, 0.15) is 31.0 Å². The van der Waals surface area contributed by atoms with Crippen LogP contribution < -0.4 is 15.5 Å². The van der Waals surface area contributed by atoms with Crippen molar-refractivity contribution in [2.24, 2.45) is 0 Å². The number of carboxylic acid groups (broad SMARTS) is 1. The van der Waals surface area contributed by atoms with Crippen LogP contribution >= 0.6 is 0 Å². The van der Waals surface area contributed by atoms with Crippen molar-refractivity contribution < 1.29 is 19.4 Å². The highest BCUT2D eigenvalue weighted by molar-refractivity contribution is 5.89. The number of benzene rings is 1. The number of anilines is 2. The third kappa shape index (κ3) is 4.59. The molecule has 0 spiro atoms. The van der Waals surface area contributed by atoms with E-state index in [0.717, 1.165) is 35.7 Å². The van der Waals surface area contributed by atoms with Gasteiger partial charge in [-0.05, 0) is 31.2 Å². The van der Waals surface area contributed by atoms with Crippen molar-refractivity contribution in [1.29, 1.82) is 0 Å². The van der Waals surface area contributed by atoms with Gasteiger partial charge in [-0.25, -0.2) is 19.6 Å². The molecule has 0 saturated carbocycles. The monoisotopic (exact) mass is 440 g/mol. The van der Waals surface area contributed by atoms with Crippen molar-refractivity contribution >= 4 is 23.6 Å². The second-order valence-electron chi connectivity index (χ2n) is 7.96. The molecule has 0 bridgehead atoms. The van der Waals surface area contributed by atoms with E-state index in [1.165, 1.54) is 4.90 Å². The molecule has 1 aromatic carbocycles. The molecule has 3 heterocycles. The van der Waals surface area contributed by atoms with Crippen LogP contribution in [0.2, 0.25) is 0 Å². The molecule has 170 valence electrons. The van der Waals surface area contributed by atoms with Crippen LogP contribution in [0.3, 0.4) is 0 Å². The number of aromatic nitrogens is 2. The van der Waals surface area contributed by atoms with Crippen LogP contribution in [0.4, 0.5) is 21.1 Å². The first-order valence-corrected chi connectivity index (χ1v) is 10.8. The number of hydrogen-bond donors (Lipinski definition) is 3. The van der Waals surface area contributed by atoms with E-state index in [0.29, 0.717) is 37.8 Å². The predicted molar refractivity (Wildman–Crippen MR) is 120 cm³/mol. The van der Waals surface area contributed by atoms with E-state index in [2.05, 4.69) is 15.5 Å². The molecular formula is C22H28N6O4. The summed E-state index contributed by atoms with van der Waals surface area (Å²) < 4.78 is 5.51. The van der Waals surface area contributed by atoms with Crippen LogP contribution in [-0.2, 0) is 11.3 Å². The molecule has 2 aliphatic heterocycles. The van der Waals surface area contributed by atoms with E-state index < -0.39 is 6.09 Å². The Labute approximate surface area is 186 Å². The number of ether oxygens (including phenoxy) is 1. The molecule has 0 aliphatic carbocycles. The fraction of sp³-hybridized carbons (Fsp3) is 0.455. The number of nitrogens with zero attached hydrogens (tertiary/aromatic N) is 4. The molecule has 2 aromatic rings. The predicted octanol–water partition coefficient (Wildman–Crippen LogP) is 2.72. The normalized spacial score (nSPS) is 18.1. The van der Waals surface area contributed by atoms with Gasteiger partial charge < -0.3 is 30.3 Å². The molecule has 3 amide bonds. The molecule has 4 rings (SSSR count). The lowest BCUT2D eigenvalue weighted by Crippen LogP contribution is -2.41. The zero-order valence-electron chi connectivity index (χ0n) is 18.3. The molecule has 1 fully saturated rings. The number of carbonyl (C=O) groups excluding carboxylic acids is 1. The summed E-state index contributed by atoms with van der Waals surface area (Å²) in [6, 6.07) is 7.05. The Morgan fingerprint density at radius 2 is 1.91 bits per heavy atom. The third-order valence-corrected chi connectivity index (χ3v) is 5.65. The molecule has 0 radical (unpaired) electrons. The first kappa shape index (κ1) is 21.8. The van der Waals surface area contributed by atoms with E-state index >= 15 is 0 Å². The molecule has 10 nitrogen and oxygen atoms in total. The smallest absolute Gasteiger partial charge is 0.407 e. The van der Waals surface area contributed by atoms with Gasteiger partial charge in [0.05, 0.1) is 25.5 Å². The highest BCUT2D eigenvalue weighted by Gasteiger charge is 2.32. The summed E-state index contributed by atoms with van der Waals surface area (Å²) in [5.41, 5.74) is 3.21. The minimum Gasteiger partial charge on any atom is -0.465 e. The van der Waals surface area contributed by atoms with Crippen molar-refractivity contribution in [3.63, 3.8) is 0 Å². The highest BCUT2D eigenvalue weighted by Crippen LogP contribution is 2.36. The molecule has 10 heteroatoms. The van der Waals surface area contributed by atoms with E-state index in [9.17, 15) is 14.7 Å². The summed E-state index contributed by atoms with van der Waals surface area (Å²) in [4.78, 5) is 36.7. The lowest BCUT2D eigenvalue weighted by molar-refractivity contribution is 0.122. The van der Waals surface area contributed by atoms with Gasteiger partial charge >= 0.3 is 12.1 Å². The quantitative estimate of drug-likeness (QED) is 0.669. The first-order chi connectivity index (χ1) is 15.5. The summed E-state index contributed by atoms with van der Waals surface area (Å²) in [6.07, 6.45) is -0.948. The second-order valence-corrected chi connectivity index (χ2v) is 7.96. The van der Waals surface area contributed by atoms with E-state index in [4.69, 9.17) is 14.7 Å². The van der Waals surface area contributed by atoms with Crippen LogP contribution in [0.15, 0.2) is 24.3 Å². The van der Waals surface area contributed by atoms with Crippen LogP contribution in [0, 0.1) is 0 Å². The summed E-state index contributed by atoms with van der Waals surface area (Å²) in [5.74, 6) is 1.38. The lowest BCUT2D eigenvalue weighted by Gasteiger charge is -2.36. The Kier molecular flexibility index (Phi) is 6.40. The van der Waals surface area contributed by atoms with Crippen molar-refractivity contribution in [2.45, 2.75) is 26.3 Å². The minimum absolute atomic E-state index is 0.00889. The fourth-order valence-corrected chi connectivity index (χ4v) is 4.12. The average molecular weight is 441 g/mol. The zero-order chi connectivity index (χ0) is 22.7. The number of nitrogens with one attached hydrogen (secondary N) is 2. The van der Waals surface area contributed by atoms with Crippen LogP contribution in [-0.4, -0.2) is 71.5 Å². The molecule has 2 aliphatic rings. The van der Waals surface area contributed by atoms with Gasteiger partial charge in [-0.2, -0.15) is 0 Å². The molecule has 32 heavy (non-hydrogen) atoms. The maximum atomic E-state index is 11.7. The van der Waals surface area contributed by atoms with Crippen molar-refractivity contribution in [3.05, 3.63) is 35.5 Å². The average Bonchev–Trinajstić information content (AvgIpc) is 2.79. The van der Waals surface area contributed by atoms with E-state index in [1.807, 2.05) is 26.0 Å². The topological polar surface area (TPSA) is 120 Å². The van der Waals surface area contributed by atoms with Crippen molar-refractivity contribution in [3.8, 4) is 11.4 Å². The summed E-state index contributed by atoms with van der Waals surface area (Å²) in [7, 11) is 0. The number of morpholine rings is 1. The summed E-state index contributed by atoms with van der Waals surface area (Å²) >= 11 is 0. The lowest BCUT2D eigenvalue weighted by atomic mass is 9.94. The number of fused-ring (bicyclic) bond motifs is 1.